The predicted molar refractivity (Wildman–Crippen MR) is 108 cm³/mol. The van der Waals surface area contributed by atoms with Gasteiger partial charge in [-0.1, -0.05) is 34.1 Å². The third kappa shape index (κ3) is 5.84. The van der Waals surface area contributed by atoms with E-state index in [1.165, 1.54) is 29.3 Å². The first kappa shape index (κ1) is 20.4. The summed E-state index contributed by atoms with van der Waals surface area (Å²) in [5.41, 5.74) is 2.62. The molecule has 2 aromatic carbocycles. The molecule has 0 N–H and O–H groups in total. The minimum absolute atomic E-state index is 0.186. The van der Waals surface area contributed by atoms with Crippen LogP contribution in [0.15, 0.2) is 40.9 Å². The Balaban J connectivity index is 1.64. The molecule has 0 aromatic heterocycles. The van der Waals surface area contributed by atoms with Crippen LogP contribution in [0.5, 0.6) is 0 Å². The fourth-order valence-electron chi connectivity index (χ4n) is 3.58. The Morgan fingerprint density at radius 2 is 1.96 bits per heavy atom. The Kier molecular flexibility index (Phi) is 7.39. The second-order valence-electron chi connectivity index (χ2n) is 7.27. The van der Waals surface area contributed by atoms with E-state index in [2.05, 4.69) is 46.0 Å². The van der Waals surface area contributed by atoms with E-state index in [1.54, 1.807) is 0 Å². The predicted octanol–water partition coefficient (Wildman–Crippen LogP) is 5.65. The third-order valence-electron chi connectivity index (χ3n) is 5.05. The molecule has 0 spiro atoms. The van der Waals surface area contributed by atoms with Crippen molar-refractivity contribution in [2.45, 2.75) is 45.3 Å². The summed E-state index contributed by atoms with van der Waals surface area (Å²) < 4.78 is 34.6. The number of halogens is 3. The Hall–Kier alpha value is -1.30. The quantitative estimate of drug-likeness (QED) is 0.528. The lowest BCUT2D eigenvalue weighted by Crippen LogP contribution is -2.33. The highest BCUT2D eigenvalue weighted by molar-refractivity contribution is 9.10. The zero-order valence-electron chi connectivity index (χ0n) is 15.7. The molecule has 1 fully saturated rings. The van der Waals surface area contributed by atoms with Crippen molar-refractivity contribution in [3.8, 4) is 0 Å². The van der Waals surface area contributed by atoms with Gasteiger partial charge in [-0.25, -0.2) is 8.78 Å². The molecule has 27 heavy (non-hydrogen) atoms. The van der Waals surface area contributed by atoms with Crippen molar-refractivity contribution in [2.24, 2.45) is 0 Å². The van der Waals surface area contributed by atoms with Gasteiger partial charge in [0.2, 0.25) is 0 Å². The van der Waals surface area contributed by atoms with Crippen molar-refractivity contribution in [1.29, 1.82) is 0 Å². The first-order chi connectivity index (χ1) is 13.0. The van der Waals surface area contributed by atoms with Gasteiger partial charge < -0.3 is 4.74 Å². The van der Waals surface area contributed by atoms with Crippen LogP contribution >= 0.6 is 15.9 Å². The van der Waals surface area contributed by atoms with Crippen LogP contribution < -0.4 is 0 Å². The Labute approximate surface area is 168 Å². The molecule has 1 atom stereocenters. The minimum atomic E-state index is -0.457. The van der Waals surface area contributed by atoms with Gasteiger partial charge in [-0.15, -0.1) is 0 Å². The van der Waals surface area contributed by atoms with Gasteiger partial charge in [0.15, 0.2) is 0 Å². The van der Waals surface area contributed by atoms with Gasteiger partial charge in [0, 0.05) is 29.7 Å². The summed E-state index contributed by atoms with van der Waals surface area (Å²) in [5, 5.41) is 0. The van der Waals surface area contributed by atoms with Gasteiger partial charge in [0.25, 0.3) is 0 Å². The molecule has 2 nitrogen and oxygen atoms in total. The van der Waals surface area contributed by atoms with Crippen molar-refractivity contribution in [2.75, 3.05) is 19.7 Å². The average molecular weight is 438 g/mol. The van der Waals surface area contributed by atoms with Crippen LogP contribution in [0.3, 0.4) is 0 Å². The van der Waals surface area contributed by atoms with E-state index in [1.807, 2.05) is 0 Å². The first-order valence-electron chi connectivity index (χ1n) is 9.55. The van der Waals surface area contributed by atoms with Crippen LogP contribution in [-0.2, 0) is 17.7 Å². The average Bonchev–Trinajstić information content (AvgIpc) is 3.13. The van der Waals surface area contributed by atoms with Crippen molar-refractivity contribution >= 4 is 15.9 Å². The maximum Gasteiger partial charge on any atom is 0.129 e. The molecule has 0 amide bonds. The zero-order valence-corrected chi connectivity index (χ0v) is 17.3. The van der Waals surface area contributed by atoms with E-state index in [4.69, 9.17) is 4.74 Å². The minimum Gasteiger partial charge on any atom is -0.377 e. The number of aryl methyl sites for hydroxylation is 1. The molecular formula is C22H26BrF2NO. The summed E-state index contributed by atoms with van der Waals surface area (Å²) in [4.78, 5) is 2.34. The van der Waals surface area contributed by atoms with Gasteiger partial charge in [-0.05, 0) is 68.5 Å². The zero-order chi connectivity index (χ0) is 19.2. The summed E-state index contributed by atoms with van der Waals surface area (Å²) in [7, 11) is 0. The molecule has 0 saturated carbocycles. The van der Waals surface area contributed by atoms with Crippen LogP contribution in [0.1, 0.15) is 36.0 Å². The normalized spacial score (nSPS) is 17.0. The highest BCUT2D eigenvalue weighted by Gasteiger charge is 2.20. The summed E-state index contributed by atoms with van der Waals surface area (Å²) in [5.74, 6) is -0.913. The number of hydrogen-bond donors (Lipinski definition) is 0. The Morgan fingerprint density at radius 3 is 2.63 bits per heavy atom. The number of nitrogens with zero attached hydrogens (tertiary/aromatic N) is 1. The van der Waals surface area contributed by atoms with Crippen molar-refractivity contribution in [3.05, 3.63) is 69.2 Å². The molecule has 1 aliphatic heterocycles. The van der Waals surface area contributed by atoms with E-state index >= 15 is 0 Å². The lowest BCUT2D eigenvalue weighted by atomic mass is 10.1. The Bertz CT molecular complexity index is 742. The maximum atomic E-state index is 13.9. The van der Waals surface area contributed by atoms with Crippen LogP contribution in [0.2, 0.25) is 0 Å². The molecule has 0 radical (unpaired) electrons. The van der Waals surface area contributed by atoms with Crippen LogP contribution in [0.4, 0.5) is 8.78 Å². The first-order valence-corrected chi connectivity index (χ1v) is 10.3. The van der Waals surface area contributed by atoms with Gasteiger partial charge >= 0.3 is 0 Å². The molecule has 5 heteroatoms. The van der Waals surface area contributed by atoms with E-state index in [0.29, 0.717) is 12.8 Å². The highest BCUT2D eigenvalue weighted by atomic mass is 79.9. The fourth-order valence-corrected chi connectivity index (χ4v) is 4.20. The number of rotatable bonds is 8. The van der Waals surface area contributed by atoms with E-state index in [0.717, 1.165) is 43.6 Å². The maximum absolute atomic E-state index is 13.9. The SMILES string of the molecule is Cc1ccc(CN(CCCc2c(F)cccc2F)CC2CCCO2)c(Br)c1. The largest absolute Gasteiger partial charge is 0.377 e. The molecule has 0 aliphatic carbocycles. The van der Waals surface area contributed by atoms with Crippen molar-refractivity contribution in [3.63, 3.8) is 0 Å². The number of hydrogen-bond acceptors (Lipinski definition) is 2. The molecule has 1 unspecified atom stereocenters. The van der Waals surface area contributed by atoms with Crippen LogP contribution in [0, 0.1) is 18.6 Å². The summed E-state index contributed by atoms with van der Waals surface area (Å²) in [6.45, 7) is 5.31. The van der Waals surface area contributed by atoms with E-state index in [-0.39, 0.29) is 11.7 Å². The standard InChI is InChI=1S/C22H26BrF2NO/c1-16-9-10-17(20(23)13-16)14-26(15-18-5-4-12-27-18)11-3-6-19-21(24)7-2-8-22(19)25/h2,7-10,13,18H,3-6,11-12,14-15H2,1H3. The summed E-state index contributed by atoms with van der Waals surface area (Å²) >= 11 is 3.66. The summed E-state index contributed by atoms with van der Waals surface area (Å²) in [6, 6.07) is 10.4. The number of ether oxygens (including phenoxy) is 1. The van der Waals surface area contributed by atoms with Gasteiger partial charge in [0.05, 0.1) is 6.10 Å². The second-order valence-corrected chi connectivity index (χ2v) is 8.12. The molecule has 1 saturated heterocycles. The highest BCUT2D eigenvalue weighted by Crippen LogP contribution is 2.22. The van der Waals surface area contributed by atoms with E-state index < -0.39 is 11.6 Å². The molecule has 3 rings (SSSR count). The Morgan fingerprint density at radius 1 is 1.19 bits per heavy atom. The molecular weight excluding hydrogens is 412 g/mol. The van der Waals surface area contributed by atoms with E-state index in [9.17, 15) is 8.78 Å². The molecule has 146 valence electrons. The molecule has 1 aliphatic rings. The smallest absolute Gasteiger partial charge is 0.129 e. The van der Waals surface area contributed by atoms with Gasteiger partial charge in [-0.3, -0.25) is 4.90 Å². The van der Waals surface area contributed by atoms with Crippen LogP contribution in [0.25, 0.3) is 0 Å². The molecule has 0 bridgehead atoms. The molecule has 1 heterocycles. The van der Waals surface area contributed by atoms with Crippen LogP contribution in [-0.4, -0.2) is 30.7 Å². The van der Waals surface area contributed by atoms with Gasteiger partial charge in [0.1, 0.15) is 11.6 Å². The monoisotopic (exact) mass is 437 g/mol. The second kappa shape index (κ2) is 9.76. The van der Waals surface area contributed by atoms with Crippen molar-refractivity contribution < 1.29 is 13.5 Å². The lowest BCUT2D eigenvalue weighted by molar-refractivity contribution is 0.0701. The lowest BCUT2D eigenvalue weighted by Gasteiger charge is -2.26. The fraction of sp³-hybridized carbons (Fsp3) is 0.455. The summed E-state index contributed by atoms with van der Waals surface area (Å²) in [6.07, 6.45) is 3.53. The van der Waals surface area contributed by atoms with Gasteiger partial charge in [-0.2, -0.15) is 0 Å². The third-order valence-corrected chi connectivity index (χ3v) is 5.79. The topological polar surface area (TPSA) is 12.5 Å². The molecule has 2 aromatic rings. The number of benzene rings is 2. The van der Waals surface area contributed by atoms with Crippen molar-refractivity contribution in [1.82, 2.24) is 4.90 Å².